The van der Waals surface area contributed by atoms with Gasteiger partial charge in [-0.1, -0.05) is 30.3 Å². The molecule has 0 spiro atoms. The van der Waals surface area contributed by atoms with Crippen LogP contribution in [0.25, 0.3) is 11.3 Å². The smallest absolute Gasteiger partial charge is 0.143 e. The highest BCUT2D eigenvalue weighted by atomic mass is 32.2. The van der Waals surface area contributed by atoms with E-state index in [4.69, 9.17) is 15.2 Å². The van der Waals surface area contributed by atoms with Crippen LogP contribution in [-0.4, -0.2) is 30.3 Å². The quantitative estimate of drug-likeness (QED) is 0.434. The summed E-state index contributed by atoms with van der Waals surface area (Å²) in [6.07, 6.45) is 1.54. The first-order valence-electron chi connectivity index (χ1n) is 9.06. The number of anilines is 1. The molecule has 1 aromatic carbocycles. The molecule has 0 saturated heterocycles. The molecule has 0 radical (unpaired) electrons. The highest BCUT2D eigenvalue weighted by molar-refractivity contribution is 7.98. The van der Waals surface area contributed by atoms with Crippen molar-refractivity contribution in [1.29, 1.82) is 10.5 Å². The molecule has 0 amide bonds. The van der Waals surface area contributed by atoms with Crippen LogP contribution >= 0.6 is 11.8 Å². The summed E-state index contributed by atoms with van der Waals surface area (Å²) in [6, 6.07) is 17.5. The monoisotopic (exact) mass is 417 g/mol. The number of nitrogens with zero attached hydrogens (tertiary/aromatic N) is 4. The van der Waals surface area contributed by atoms with Crippen LogP contribution in [0.5, 0.6) is 5.75 Å². The van der Waals surface area contributed by atoms with Crippen LogP contribution in [0.2, 0.25) is 0 Å². The van der Waals surface area contributed by atoms with Gasteiger partial charge in [0.25, 0.3) is 0 Å². The van der Waals surface area contributed by atoms with Crippen molar-refractivity contribution in [2.75, 3.05) is 26.1 Å². The summed E-state index contributed by atoms with van der Waals surface area (Å²) in [5.74, 6) is 1.25. The number of nitrogens with two attached hydrogens (primary N) is 1. The van der Waals surface area contributed by atoms with Crippen molar-refractivity contribution in [1.82, 2.24) is 9.97 Å². The van der Waals surface area contributed by atoms with Crippen molar-refractivity contribution in [3.05, 3.63) is 65.4 Å². The summed E-state index contributed by atoms with van der Waals surface area (Å²) in [5, 5.41) is 19.9. The number of hydrogen-bond acceptors (Lipinski definition) is 8. The lowest BCUT2D eigenvalue weighted by Crippen LogP contribution is -2.05. The zero-order valence-electron chi connectivity index (χ0n) is 16.3. The average molecular weight is 417 g/mol. The third-order valence-electron chi connectivity index (χ3n) is 4.18. The van der Waals surface area contributed by atoms with Crippen LogP contribution in [-0.2, 0) is 10.5 Å². The van der Waals surface area contributed by atoms with Gasteiger partial charge in [0.1, 0.15) is 40.9 Å². The Morgan fingerprint density at radius 2 is 1.80 bits per heavy atom. The summed E-state index contributed by atoms with van der Waals surface area (Å²) >= 11 is 1.39. The average Bonchev–Trinajstić information content (AvgIpc) is 2.78. The molecule has 150 valence electrons. The van der Waals surface area contributed by atoms with Crippen LogP contribution < -0.4 is 10.5 Å². The fraction of sp³-hybridized carbons (Fsp3) is 0.182. The molecule has 0 atom stereocenters. The number of pyridine rings is 2. The van der Waals surface area contributed by atoms with Gasteiger partial charge in [-0.15, -0.1) is 11.8 Å². The number of rotatable bonds is 8. The first-order chi connectivity index (χ1) is 14.7. The summed E-state index contributed by atoms with van der Waals surface area (Å²) in [7, 11) is 1.60. The Bertz CT molecular complexity index is 1090. The van der Waals surface area contributed by atoms with Crippen molar-refractivity contribution in [3.8, 4) is 29.1 Å². The number of nitriles is 2. The van der Waals surface area contributed by atoms with Gasteiger partial charge in [-0.2, -0.15) is 10.5 Å². The van der Waals surface area contributed by atoms with E-state index in [1.165, 1.54) is 11.8 Å². The number of methoxy groups -OCH3 is 1. The van der Waals surface area contributed by atoms with Gasteiger partial charge in [0.05, 0.1) is 24.1 Å². The fourth-order valence-corrected chi connectivity index (χ4v) is 3.69. The Kier molecular flexibility index (Phi) is 7.23. The molecular weight excluding hydrogens is 398 g/mol. The topological polar surface area (TPSA) is 118 Å². The predicted octanol–water partition coefficient (Wildman–Crippen LogP) is 3.79. The molecule has 0 aliphatic heterocycles. The van der Waals surface area contributed by atoms with Gasteiger partial charge in [-0.05, 0) is 17.7 Å². The van der Waals surface area contributed by atoms with E-state index < -0.39 is 0 Å². The molecule has 7 nitrogen and oxygen atoms in total. The van der Waals surface area contributed by atoms with E-state index >= 15 is 0 Å². The molecule has 0 unspecified atom stereocenters. The van der Waals surface area contributed by atoms with Gasteiger partial charge in [-0.25, -0.2) is 4.98 Å². The Balaban J connectivity index is 1.97. The second-order valence-electron chi connectivity index (χ2n) is 6.15. The van der Waals surface area contributed by atoms with Gasteiger partial charge in [0.15, 0.2) is 0 Å². The first kappa shape index (κ1) is 21.1. The van der Waals surface area contributed by atoms with Crippen LogP contribution in [0, 0.1) is 22.7 Å². The van der Waals surface area contributed by atoms with E-state index in [-0.39, 0.29) is 16.9 Å². The maximum Gasteiger partial charge on any atom is 0.143 e. The number of ether oxygens (including phenoxy) is 2. The minimum Gasteiger partial charge on any atom is -0.490 e. The highest BCUT2D eigenvalue weighted by Crippen LogP contribution is 2.36. The lowest BCUT2D eigenvalue weighted by atomic mass is 10.0. The number of aromatic nitrogens is 2. The van der Waals surface area contributed by atoms with Gasteiger partial charge in [0, 0.05) is 18.4 Å². The standard InChI is InChI=1S/C22H19N5O2S/c1-28-9-10-29-16-7-8-19(26-13-16)20-17(11-23)21(25)27-22(18(20)12-24)30-14-15-5-3-2-4-6-15/h2-8,13H,9-10,14H2,1H3,(H2,25,27). The number of benzene rings is 1. The van der Waals surface area contributed by atoms with Gasteiger partial charge in [-0.3, -0.25) is 4.98 Å². The normalized spacial score (nSPS) is 10.2. The molecule has 2 heterocycles. The zero-order valence-corrected chi connectivity index (χ0v) is 17.1. The SMILES string of the molecule is COCCOc1ccc(-c2c(C#N)c(N)nc(SCc3ccccc3)c2C#N)nc1. The van der Waals surface area contributed by atoms with Crippen molar-refractivity contribution < 1.29 is 9.47 Å². The van der Waals surface area contributed by atoms with Crippen molar-refractivity contribution in [2.24, 2.45) is 0 Å². The van der Waals surface area contributed by atoms with Crippen molar-refractivity contribution >= 4 is 17.6 Å². The number of nitrogen functional groups attached to an aromatic ring is 1. The van der Waals surface area contributed by atoms with E-state index in [9.17, 15) is 10.5 Å². The van der Waals surface area contributed by atoms with E-state index in [0.717, 1.165) is 5.56 Å². The molecule has 30 heavy (non-hydrogen) atoms. The number of hydrogen-bond donors (Lipinski definition) is 1. The molecule has 0 bridgehead atoms. The maximum absolute atomic E-state index is 9.85. The van der Waals surface area contributed by atoms with Gasteiger partial charge >= 0.3 is 0 Å². The molecular formula is C22H19N5O2S. The molecule has 2 N–H and O–H groups in total. The minimum atomic E-state index is 0.0734. The fourth-order valence-electron chi connectivity index (χ4n) is 2.74. The molecule has 0 aliphatic rings. The zero-order chi connectivity index (χ0) is 21.3. The first-order valence-corrected chi connectivity index (χ1v) is 10.0. The Morgan fingerprint density at radius 3 is 2.43 bits per heavy atom. The third-order valence-corrected chi connectivity index (χ3v) is 5.23. The number of thioether (sulfide) groups is 1. The van der Waals surface area contributed by atoms with E-state index in [0.29, 0.717) is 41.0 Å². The lowest BCUT2D eigenvalue weighted by molar-refractivity contribution is 0.146. The van der Waals surface area contributed by atoms with Crippen LogP contribution in [0.4, 0.5) is 5.82 Å². The molecule has 0 aliphatic carbocycles. The Labute approximate surface area is 179 Å². The van der Waals surface area contributed by atoms with E-state index in [1.54, 1.807) is 25.4 Å². The van der Waals surface area contributed by atoms with Crippen molar-refractivity contribution in [2.45, 2.75) is 10.8 Å². The second kappa shape index (κ2) is 10.3. The van der Waals surface area contributed by atoms with E-state index in [1.807, 2.05) is 30.3 Å². The summed E-state index contributed by atoms with van der Waals surface area (Å²) in [5.41, 5.74) is 8.39. The van der Waals surface area contributed by atoms with Gasteiger partial charge < -0.3 is 15.2 Å². The summed E-state index contributed by atoms with van der Waals surface area (Å²) in [4.78, 5) is 8.70. The minimum absolute atomic E-state index is 0.0734. The Hall–Kier alpha value is -3.59. The summed E-state index contributed by atoms with van der Waals surface area (Å²) in [6.45, 7) is 0.856. The van der Waals surface area contributed by atoms with Crippen LogP contribution in [0.1, 0.15) is 16.7 Å². The summed E-state index contributed by atoms with van der Waals surface area (Å²) < 4.78 is 10.5. The lowest BCUT2D eigenvalue weighted by Gasteiger charge is -2.13. The van der Waals surface area contributed by atoms with Gasteiger partial charge in [0.2, 0.25) is 0 Å². The van der Waals surface area contributed by atoms with Crippen molar-refractivity contribution in [3.63, 3.8) is 0 Å². The molecule has 2 aromatic heterocycles. The largest absolute Gasteiger partial charge is 0.490 e. The van der Waals surface area contributed by atoms with Crippen LogP contribution in [0.3, 0.4) is 0 Å². The molecule has 3 aromatic rings. The highest BCUT2D eigenvalue weighted by Gasteiger charge is 2.21. The molecule has 8 heteroatoms. The Morgan fingerprint density at radius 1 is 1.03 bits per heavy atom. The third kappa shape index (κ3) is 4.87. The molecule has 0 saturated carbocycles. The van der Waals surface area contributed by atoms with Crippen LogP contribution in [0.15, 0.2) is 53.7 Å². The molecule has 0 fully saturated rings. The maximum atomic E-state index is 9.85. The second-order valence-corrected chi connectivity index (χ2v) is 7.11. The molecule has 3 rings (SSSR count). The predicted molar refractivity (Wildman–Crippen MR) is 115 cm³/mol. The van der Waals surface area contributed by atoms with E-state index in [2.05, 4.69) is 22.1 Å².